The van der Waals surface area contributed by atoms with Crippen LogP contribution >= 0.6 is 0 Å². The molecule has 0 bridgehead atoms. The minimum absolute atomic E-state index is 0.184. The molecule has 1 aromatic carbocycles. The number of halogens is 3. The zero-order chi connectivity index (χ0) is 30.3. The van der Waals surface area contributed by atoms with Gasteiger partial charge in [-0.15, -0.1) is 0 Å². The molecule has 8 nitrogen and oxygen atoms in total. The highest BCUT2D eigenvalue weighted by Gasteiger charge is 2.39. The molecule has 0 radical (unpaired) electrons. The lowest BCUT2D eigenvalue weighted by Crippen LogP contribution is -2.62. The number of piperazine rings is 1. The first kappa shape index (κ1) is 33.2. The Labute approximate surface area is 235 Å². The number of hydrogen-bond acceptors (Lipinski definition) is 6. The molecule has 40 heavy (non-hydrogen) atoms. The molecule has 1 heterocycles. The van der Waals surface area contributed by atoms with E-state index in [4.69, 9.17) is 10.5 Å². The van der Waals surface area contributed by atoms with E-state index in [2.05, 4.69) is 19.2 Å². The quantitative estimate of drug-likeness (QED) is 0.254. The Morgan fingerprint density at radius 2 is 1.90 bits per heavy atom. The molecule has 0 spiro atoms. The monoisotopic (exact) mass is 566 g/mol. The average Bonchev–Trinajstić information content (AvgIpc) is 2.86. The van der Waals surface area contributed by atoms with Crippen LogP contribution in [-0.2, 0) is 4.79 Å². The predicted molar refractivity (Wildman–Crippen MR) is 152 cm³/mol. The van der Waals surface area contributed by atoms with E-state index in [9.17, 15) is 28.5 Å². The van der Waals surface area contributed by atoms with E-state index in [0.29, 0.717) is 43.2 Å². The predicted octanol–water partition coefficient (Wildman–Crippen LogP) is 4.51. The lowest BCUT2D eigenvalue weighted by Gasteiger charge is -2.45. The highest BCUT2D eigenvalue weighted by atomic mass is 19.4. The molecule has 1 aliphatic rings. The second-order valence-electron chi connectivity index (χ2n) is 10.7. The first-order valence-electron chi connectivity index (χ1n) is 13.6. The Hall–Kier alpha value is -3.05. The fraction of sp³-hybridized carbons (Fsp3) is 0.586. The number of allylic oxidation sites excluding steroid dienone is 2. The Balaban J connectivity index is 2.36. The van der Waals surface area contributed by atoms with Crippen molar-refractivity contribution in [2.75, 3.05) is 26.7 Å². The number of nitrogens with two attached hydrogens (primary N) is 1. The second-order valence-corrected chi connectivity index (χ2v) is 10.7. The molecule has 4 N–H and O–H groups in total. The number of carbonyl (C=O) groups excluding carboxylic acids is 1. The van der Waals surface area contributed by atoms with Gasteiger partial charge in [0.1, 0.15) is 5.75 Å². The topological polar surface area (TPSA) is 113 Å². The number of nitrogens with zero attached hydrogens (tertiary/aromatic N) is 3. The fourth-order valence-corrected chi connectivity index (χ4v) is 4.69. The van der Waals surface area contributed by atoms with Crippen molar-refractivity contribution in [2.45, 2.75) is 83.8 Å². The highest BCUT2D eigenvalue weighted by Crippen LogP contribution is 2.28. The van der Waals surface area contributed by atoms with Gasteiger partial charge in [-0.05, 0) is 50.1 Å². The summed E-state index contributed by atoms with van der Waals surface area (Å²) >= 11 is 0. The molecule has 11 heteroatoms. The first-order chi connectivity index (χ1) is 18.6. The van der Waals surface area contributed by atoms with E-state index in [1.807, 2.05) is 42.0 Å². The fourth-order valence-electron chi connectivity index (χ4n) is 4.69. The van der Waals surface area contributed by atoms with Crippen LogP contribution in [0.25, 0.3) is 5.41 Å². The number of benzene rings is 1. The molecule has 3 atom stereocenters. The second kappa shape index (κ2) is 14.0. The average molecular weight is 567 g/mol. The number of amides is 1. The number of unbranched alkanes of at least 4 members (excludes halogenated alkanes) is 1. The van der Waals surface area contributed by atoms with Crippen molar-refractivity contribution < 1.29 is 27.8 Å². The van der Waals surface area contributed by atoms with Gasteiger partial charge in [-0.1, -0.05) is 51.1 Å². The zero-order valence-corrected chi connectivity index (χ0v) is 24.3. The summed E-state index contributed by atoms with van der Waals surface area (Å²) in [6.07, 6.45) is -0.852. The lowest BCUT2D eigenvalue weighted by molar-refractivity contribution is -0.139. The third kappa shape index (κ3) is 9.26. The van der Waals surface area contributed by atoms with Crippen LogP contribution in [0, 0.1) is 0 Å². The van der Waals surface area contributed by atoms with E-state index >= 15 is 0 Å². The van der Waals surface area contributed by atoms with Gasteiger partial charge in [0.05, 0.1) is 11.9 Å². The number of carbonyl (C=O) groups is 1. The molecule has 0 aromatic heterocycles. The molecular formula is C29H43F3N5O3-. The Bertz CT molecular complexity index is 1070. The maximum absolute atomic E-state index is 13.4. The summed E-state index contributed by atoms with van der Waals surface area (Å²) in [7, 11) is 1.82. The number of nitrogens with one attached hydrogen (secondary N) is 1. The van der Waals surface area contributed by atoms with Gasteiger partial charge in [-0.2, -0.15) is 13.2 Å². The Morgan fingerprint density at radius 1 is 1.27 bits per heavy atom. The molecule has 0 saturated carbocycles. The minimum atomic E-state index is -4.92. The van der Waals surface area contributed by atoms with Gasteiger partial charge in [0.25, 0.3) is 0 Å². The molecule has 1 fully saturated rings. The van der Waals surface area contributed by atoms with Gasteiger partial charge < -0.3 is 31.2 Å². The Kier molecular flexibility index (Phi) is 11.6. The van der Waals surface area contributed by atoms with Crippen molar-refractivity contribution in [3.63, 3.8) is 0 Å². The molecular weight excluding hydrogens is 523 g/mol. The standard InChI is InChI=1S/C29H43F3N5O3/c1-7-9-10-25(33)37-16-15-36(6)24(18-37)23(35-27(38)26(34)22(8-2)29(30,31)32)17-28(5,39)40-21-13-11-20(12-14-21)19(3)4/h8,10-14,19,23-24,39H,7,9,15-18,33H2,1-6H3,(H,35,38)/q-1/b22-8+,25-10+. The number of rotatable bonds is 12. The van der Waals surface area contributed by atoms with E-state index in [0.717, 1.165) is 25.3 Å². The molecule has 1 aliphatic heterocycles. The van der Waals surface area contributed by atoms with Crippen molar-refractivity contribution in [3.05, 3.63) is 58.8 Å². The third-order valence-electron chi connectivity index (χ3n) is 7.03. The number of alkyl halides is 3. The summed E-state index contributed by atoms with van der Waals surface area (Å²) in [5, 5.41) is 24.0. The normalized spacial score (nSPS) is 19.8. The van der Waals surface area contributed by atoms with Gasteiger partial charge in [-0.25, -0.2) is 0 Å². The van der Waals surface area contributed by atoms with Crippen molar-refractivity contribution in [2.24, 2.45) is 5.73 Å². The maximum Gasteiger partial charge on any atom is 0.415 e. The summed E-state index contributed by atoms with van der Waals surface area (Å²) in [6, 6.07) is 5.83. The van der Waals surface area contributed by atoms with E-state index in [1.54, 1.807) is 12.1 Å². The summed E-state index contributed by atoms with van der Waals surface area (Å²) in [4.78, 5) is 16.8. The number of hydrogen-bond donors (Lipinski definition) is 3. The van der Waals surface area contributed by atoms with E-state index < -0.39 is 41.2 Å². The molecule has 2 rings (SSSR count). The smallest absolute Gasteiger partial charge is 0.415 e. The number of ether oxygens (including phenoxy) is 1. The molecule has 1 aromatic rings. The zero-order valence-electron chi connectivity index (χ0n) is 24.3. The highest BCUT2D eigenvalue weighted by molar-refractivity contribution is 6.47. The van der Waals surface area contributed by atoms with Crippen molar-refractivity contribution in [1.82, 2.24) is 15.1 Å². The van der Waals surface area contributed by atoms with Crippen molar-refractivity contribution in [3.8, 4) is 5.75 Å². The summed E-state index contributed by atoms with van der Waals surface area (Å²) in [5.74, 6) is -1.84. The van der Waals surface area contributed by atoms with Crippen LogP contribution in [0.5, 0.6) is 5.75 Å². The number of likely N-dealkylation sites (N-methyl/N-ethyl adjacent to an activating group) is 1. The molecule has 3 unspecified atom stereocenters. The van der Waals surface area contributed by atoms with Crippen molar-refractivity contribution in [1.29, 1.82) is 0 Å². The van der Waals surface area contributed by atoms with Crippen LogP contribution in [0.4, 0.5) is 13.2 Å². The van der Waals surface area contributed by atoms with Crippen LogP contribution in [0.3, 0.4) is 0 Å². The van der Waals surface area contributed by atoms with Crippen LogP contribution in [-0.4, -0.2) is 77.3 Å². The molecule has 224 valence electrons. The minimum Gasteiger partial charge on any atom is -0.799 e. The largest absolute Gasteiger partial charge is 0.799 e. The van der Waals surface area contributed by atoms with Gasteiger partial charge in [-0.3, -0.25) is 9.69 Å². The molecule has 1 amide bonds. The van der Waals surface area contributed by atoms with Gasteiger partial charge >= 0.3 is 6.18 Å². The summed E-state index contributed by atoms with van der Waals surface area (Å²) in [6.45, 7) is 10.2. The third-order valence-corrected chi connectivity index (χ3v) is 7.03. The number of aliphatic hydroxyl groups is 1. The lowest BCUT2D eigenvalue weighted by atomic mass is 9.95. The van der Waals surface area contributed by atoms with Gasteiger partial charge in [0, 0.05) is 44.6 Å². The van der Waals surface area contributed by atoms with E-state index in [1.165, 1.54) is 6.92 Å². The van der Waals surface area contributed by atoms with Crippen LogP contribution in [0.2, 0.25) is 0 Å². The van der Waals surface area contributed by atoms with E-state index in [-0.39, 0.29) is 6.42 Å². The maximum atomic E-state index is 13.4. The van der Waals surface area contributed by atoms with Crippen LogP contribution in [0.1, 0.15) is 65.4 Å². The molecule has 0 aliphatic carbocycles. The van der Waals surface area contributed by atoms with Crippen LogP contribution in [0.15, 0.2) is 47.8 Å². The molecule has 1 saturated heterocycles. The SMILES string of the molecule is C/C=C(\C(=[N-])C(=O)NC(CC(C)(O)Oc1ccc(C(C)C)cc1)C1CN(/C(N)=C/CCC)CCN1C)C(F)(F)F. The van der Waals surface area contributed by atoms with Crippen molar-refractivity contribution >= 4 is 11.6 Å². The Morgan fingerprint density at radius 3 is 2.42 bits per heavy atom. The van der Waals surface area contributed by atoms with Gasteiger partial charge in [0.2, 0.25) is 11.7 Å². The summed E-state index contributed by atoms with van der Waals surface area (Å²) in [5.41, 5.74) is 4.49. The first-order valence-corrected chi connectivity index (χ1v) is 13.6. The summed E-state index contributed by atoms with van der Waals surface area (Å²) < 4.78 is 46.0. The van der Waals surface area contributed by atoms with Crippen LogP contribution < -0.4 is 15.8 Å². The van der Waals surface area contributed by atoms with Gasteiger partial charge in [0.15, 0.2) is 0 Å².